The number of thiophene rings is 1. The number of hydrogen-bond donors (Lipinski definition) is 0. The molecule has 184 valence electrons. The predicted octanol–water partition coefficient (Wildman–Crippen LogP) is 5.33. The van der Waals surface area contributed by atoms with E-state index < -0.39 is 0 Å². The van der Waals surface area contributed by atoms with E-state index in [0.29, 0.717) is 5.75 Å². The van der Waals surface area contributed by atoms with Crippen molar-refractivity contribution >= 4 is 40.7 Å². The molecule has 0 saturated carbocycles. The quantitative estimate of drug-likeness (QED) is 0.478. The summed E-state index contributed by atoms with van der Waals surface area (Å²) in [6, 6.07) is 12.4. The monoisotopic (exact) mass is 508 g/mol. The fourth-order valence-electron chi connectivity index (χ4n) is 4.88. The van der Waals surface area contributed by atoms with Gasteiger partial charge in [-0.25, -0.2) is 4.68 Å². The molecule has 2 aliphatic rings. The molecule has 3 aromatic rings. The number of carbonyl (C=O) groups excluding carboxylic acids is 2. The van der Waals surface area contributed by atoms with Gasteiger partial charge in [0, 0.05) is 28.9 Å². The molecule has 0 radical (unpaired) electrons. The minimum atomic E-state index is -0.243. The Balaban J connectivity index is 1.74. The number of carbonyl (C=O) groups is 2. The van der Waals surface area contributed by atoms with Crippen LogP contribution >= 0.6 is 23.1 Å². The highest BCUT2D eigenvalue weighted by Gasteiger charge is 2.40. The Morgan fingerprint density at radius 2 is 1.91 bits per heavy atom. The summed E-state index contributed by atoms with van der Waals surface area (Å²) in [6.07, 6.45) is 2.05. The van der Waals surface area contributed by atoms with Crippen molar-refractivity contribution in [2.24, 2.45) is 0 Å². The highest BCUT2D eigenvalue weighted by atomic mass is 32.2. The van der Waals surface area contributed by atoms with E-state index in [4.69, 9.17) is 5.10 Å². The Morgan fingerprint density at radius 3 is 2.57 bits per heavy atom. The standard InChI is InChI=1S/C27H32N4O2S2/c1-18-9-7-10-19(15-18)31-26-23(25(28-31)27(2,3)4)24(20-11-8-14-34-20)35-17-22(33)30(26)16-21(32)29-12-5-6-13-29/h7-11,14-15,24H,5-6,12-13,16-17H2,1-4H3/t24-/m0/s1. The lowest BCUT2D eigenvalue weighted by Crippen LogP contribution is -2.43. The van der Waals surface area contributed by atoms with Crippen LogP contribution < -0.4 is 4.90 Å². The summed E-state index contributed by atoms with van der Waals surface area (Å²) >= 11 is 3.34. The van der Waals surface area contributed by atoms with Gasteiger partial charge in [-0.3, -0.25) is 14.5 Å². The Hall–Kier alpha value is -2.58. The molecule has 0 N–H and O–H groups in total. The fraction of sp³-hybridized carbons (Fsp3) is 0.444. The summed E-state index contributed by atoms with van der Waals surface area (Å²) in [6.45, 7) is 10.1. The lowest BCUT2D eigenvalue weighted by atomic mass is 9.88. The van der Waals surface area contributed by atoms with Crippen molar-refractivity contribution in [1.29, 1.82) is 0 Å². The summed E-state index contributed by atoms with van der Waals surface area (Å²) in [5.74, 6) is 1.02. The van der Waals surface area contributed by atoms with Crippen LogP contribution in [0.2, 0.25) is 0 Å². The fourth-order valence-corrected chi connectivity index (χ4v) is 7.06. The molecule has 2 amide bonds. The summed E-state index contributed by atoms with van der Waals surface area (Å²) in [5.41, 5.74) is 3.79. The van der Waals surface area contributed by atoms with Gasteiger partial charge in [0.25, 0.3) is 0 Å². The number of likely N-dealkylation sites (tertiary alicyclic amines) is 1. The molecule has 0 aliphatic carbocycles. The van der Waals surface area contributed by atoms with Gasteiger partial charge in [0.1, 0.15) is 12.4 Å². The van der Waals surface area contributed by atoms with Crippen molar-refractivity contribution in [1.82, 2.24) is 14.7 Å². The molecule has 0 spiro atoms. The first-order valence-electron chi connectivity index (χ1n) is 12.2. The highest BCUT2D eigenvalue weighted by Crippen LogP contribution is 2.49. The van der Waals surface area contributed by atoms with E-state index in [1.165, 1.54) is 4.88 Å². The maximum absolute atomic E-state index is 13.6. The molecule has 8 heteroatoms. The van der Waals surface area contributed by atoms with Gasteiger partial charge in [-0.1, -0.05) is 39.0 Å². The van der Waals surface area contributed by atoms with Crippen molar-refractivity contribution in [3.63, 3.8) is 0 Å². The number of aromatic nitrogens is 2. The van der Waals surface area contributed by atoms with Gasteiger partial charge in [0.15, 0.2) is 0 Å². The van der Waals surface area contributed by atoms with Gasteiger partial charge < -0.3 is 4.90 Å². The van der Waals surface area contributed by atoms with E-state index in [-0.39, 0.29) is 29.0 Å². The van der Waals surface area contributed by atoms with Crippen LogP contribution in [-0.2, 0) is 15.0 Å². The maximum atomic E-state index is 13.6. The average Bonchev–Trinajstić information content (AvgIpc) is 3.57. The van der Waals surface area contributed by atoms with Crippen LogP contribution in [0.15, 0.2) is 41.8 Å². The first kappa shape index (κ1) is 24.1. The second kappa shape index (κ2) is 9.47. The van der Waals surface area contributed by atoms with Crippen molar-refractivity contribution in [2.75, 3.05) is 30.3 Å². The van der Waals surface area contributed by atoms with Gasteiger partial charge >= 0.3 is 0 Å². The molecule has 0 bridgehead atoms. The molecular weight excluding hydrogens is 476 g/mol. The van der Waals surface area contributed by atoms with Crippen molar-refractivity contribution < 1.29 is 9.59 Å². The Morgan fingerprint density at radius 1 is 1.14 bits per heavy atom. The van der Waals surface area contributed by atoms with Crippen LogP contribution in [0.5, 0.6) is 0 Å². The SMILES string of the molecule is Cc1cccc(-n2nc(C(C)(C)C)c3c2N(CC(=O)N2CCCC2)C(=O)CS[C@H]3c2cccs2)c1. The van der Waals surface area contributed by atoms with E-state index in [2.05, 4.69) is 57.3 Å². The number of fused-ring (bicyclic) bond motifs is 1. The van der Waals surface area contributed by atoms with Crippen molar-refractivity contribution in [3.05, 3.63) is 63.5 Å². The predicted molar refractivity (Wildman–Crippen MR) is 144 cm³/mol. The number of nitrogens with zero attached hydrogens (tertiary/aromatic N) is 4. The average molecular weight is 509 g/mol. The molecule has 2 aromatic heterocycles. The third kappa shape index (κ3) is 4.66. The Bertz CT molecular complexity index is 1240. The Kier molecular flexibility index (Phi) is 6.53. The third-order valence-corrected chi connectivity index (χ3v) is 8.92. The van der Waals surface area contributed by atoms with Crippen LogP contribution in [-0.4, -0.2) is 51.9 Å². The number of amides is 2. The number of rotatable bonds is 4. The molecule has 6 nitrogen and oxygen atoms in total. The zero-order valence-corrected chi connectivity index (χ0v) is 22.4. The van der Waals surface area contributed by atoms with E-state index in [9.17, 15) is 9.59 Å². The van der Waals surface area contributed by atoms with Gasteiger partial charge in [-0.2, -0.15) is 5.10 Å². The van der Waals surface area contributed by atoms with E-state index in [0.717, 1.165) is 54.3 Å². The van der Waals surface area contributed by atoms with Crippen molar-refractivity contribution in [3.8, 4) is 5.69 Å². The van der Waals surface area contributed by atoms with Gasteiger partial charge in [0.05, 0.1) is 22.4 Å². The number of aryl methyl sites for hydroxylation is 1. The minimum absolute atomic E-state index is 0.00988. The lowest BCUT2D eigenvalue weighted by Gasteiger charge is -2.26. The van der Waals surface area contributed by atoms with Crippen LogP contribution in [0.4, 0.5) is 5.82 Å². The van der Waals surface area contributed by atoms with Crippen LogP contribution in [0.1, 0.15) is 60.6 Å². The van der Waals surface area contributed by atoms with E-state index in [1.54, 1.807) is 28.0 Å². The maximum Gasteiger partial charge on any atom is 0.242 e. The minimum Gasteiger partial charge on any atom is -0.341 e. The zero-order valence-electron chi connectivity index (χ0n) is 20.8. The largest absolute Gasteiger partial charge is 0.341 e. The van der Waals surface area contributed by atoms with Crippen LogP contribution in [0, 0.1) is 6.92 Å². The molecule has 4 heterocycles. The summed E-state index contributed by atoms with van der Waals surface area (Å²) in [5, 5.41) is 7.22. The summed E-state index contributed by atoms with van der Waals surface area (Å²) < 4.78 is 1.91. The first-order valence-corrected chi connectivity index (χ1v) is 14.1. The molecule has 1 atom stereocenters. The molecule has 1 aromatic carbocycles. The topological polar surface area (TPSA) is 58.4 Å². The molecule has 1 fully saturated rings. The smallest absolute Gasteiger partial charge is 0.242 e. The first-order chi connectivity index (χ1) is 16.7. The van der Waals surface area contributed by atoms with Gasteiger partial charge in [-0.15, -0.1) is 23.1 Å². The van der Waals surface area contributed by atoms with Crippen molar-refractivity contribution in [2.45, 2.75) is 51.2 Å². The second-order valence-corrected chi connectivity index (χ2v) is 12.4. The molecule has 5 rings (SSSR count). The van der Waals surface area contributed by atoms with Gasteiger partial charge in [-0.05, 0) is 48.9 Å². The molecule has 2 aliphatic heterocycles. The van der Waals surface area contributed by atoms with E-state index in [1.807, 2.05) is 21.7 Å². The number of thioether (sulfide) groups is 1. The summed E-state index contributed by atoms with van der Waals surface area (Å²) in [7, 11) is 0. The highest BCUT2D eigenvalue weighted by molar-refractivity contribution is 8.00. The Labute approximate surface area is 215 Å². The van der Waals surface area contributed by atoms with Gasteiger partial charge in [0.2, 0.25) is 11.8 Å². The molecule has 1 saturated heterocycles. The number of hydrogen-bond acceptors (Lipinski definition) is 5. The second-order valence-electron chi connectivity index (χ2n) is 10.4. The van der Waals surface area contributed by atoms with E-state index >= 15 is 0 Å². The zero-order chi connectivity index (χ0) is 24.7. The summed E-state index contributed by atoms with van der Waals surface area (Å²) in [4.78, 5) is 31.7. The number of benzene rings is 1. The van der Waals surface area contributed by atoms with Crippen LogP contribution in [0.25, 0.3) is 5.69 Å². The third-order valence-electron chi connectivity index (χ3n) is 6.60. The number of anilines is 1. The lowest BCUT2D eigenvalue weighted by molar-refractivity contribution is -0.130. The molecule has 35 heavy (non-hydrogen) atoms. The van der Waals surface area contributed by atoms with Crippen LogP contribution in [0.3, 0.4) is 0 Å². The molecular formula is C27H32N4O2S2. The normalized spacial score (nSPS) is 18.6. The molecule has 0 unspecified atom stereocenters.